The quantitative estimate of drug-likeness (QED) is 0.542. The summed E-state index contributed by atoms with van der Waals surface area (Å²) >= 11 is 0. The lowest BCUT2D eigenvalue weighted by atomic mass is 10.1. The molecule has 1 aromatic carbocycles. The number of hydrogen-bond donors (Lipinski definition) is 2. The predicted octanol–water partition coefficient (Wildman–Crippen LogP) is 0.355. The van der Waals surface area contributed by atoms with Gasteiger partial charge in [-0.15, -0.1) is 0 Å². The molecule has 0 radical (unpaired) electrons. The summed E-state index contributed by atoms with van der Waals surface area (Å²) < 4.78 is 32.2. The van der Waals surface area contributed by atoms with Gasteiger partial charge in [0, 0.05) is 32.7 Å². The Hall–Kier alpha value is -1.48. The molecular weight excluding hydrogens is 330 g/mol. The molecule has 1 aliphatic heterocycles. The largest absolute Gasteiger partial charge is 0.465 e. The zero-order chi connectivity index (χ0) is 17.6. The average molecular weight is 355 g/mol. The van der Waals surface area contributed by atoms with Crippen molar-refractivity contribution in [1.82, 2.24) is 14.9 Å². The van der Waals surface area contributed by atoms with Crippen molar-refractivity contribution >= 4 is 16.0 Å². The summed E-state index contributed by atoms with van der Waals surface area (Å²) in [6, 6.07) is 4.53. The van der Waals surface area contributed by atoms with Crippen LogP contribution in [0.5, 0.6) is 0 Å². The molecule has 1 aromatic rings. The third-order valence-corrected chi connectivity index (χ3v) is 5.65. The molecule has 0 aliphatic carbocycles. The fourth-order valence-corrected chi connectivity index (χ4v) is 4.00. The third-order valence-electron chi connectivity index (χ3n) is 4.05. The van der Waals surface area contributed by atoms with Crippen molar-refractivity contribution in [2.45, 2.75) is 18.2 Å². The maximum Gasteiger partial charge on any atom is 0.337 e. The van der Waals surface area contributed by atoms with Crippen molar-refractivity contribution in [2.24, 2.45) is 0 Å². The van der Waals surface area contributed by atoms with Crippen molar-refractivity contribution in [1.29, 1.82) is 0 Å². The molecule has 2 rings (SSSR count). The summed E-state index contributed by atoms with van der Waals surface area (Å²) in [5.41, 5.74) is 0.821. The van der Waals surface area contributed by atoms with E-state index in [0.717, 1.165) is 39.1 Å². The Labute approximate surface area is 143 Å². The SMILES string of the molecule is COC(=O)c1ccc(C)c(S(=O)(=O)NCCCN2CCNCC2)c1. The molecule has 134 valence electrons. The molecule has 0 aromatic heterocycles. The zero-order valence-corrected chi connectivity index (χ0v) is 15.0. The van der Waals surface area contributed by atoms with E-state index in [1.54, 1.807) is 19.1 Å². The van der Waals surface area contributed by atoms with Crippen LogP contribution in [0.3, 0.4) is 0 Å². The highest BCUT2D eigenvalue weighted by Crippen LogP contribution is 2.17. The normalized spacial score (nSPS) is 16.1. The Balaban J connectivity index is 1.95. The molecule has 0 unspecified atom stereocenters. The molecule has 0 bridgehead atoms. The van der Waals surface area contributed by atoms with Gasteiger partial charge in [0.25, 0.3) is 0 Å². The van der Waals surface area contributed by atoms with Gasteiger partial charge in [-0.1, -0.05) is 6.07 Å². The Morgan fingerprint density at radius 1 is 1.33 bits per heavy atom. The van der Waals surface area contributed by atoms with Gasteiger partial charge in [-0.25, -0.2) is 17.9 Å². The smallest absolute Gasteiger partial charge is 0.337 e. The first-order chi connectivity index (χ1) is 11.4. The van der Waals surface area contributed by atoms with E-state index < -0.39 is 16.0 Å². The van der Waals surface area contributed by atoms with Gasteiger partial charge < -0.3 is 15.0 Å². The molecule has 1 aliphatic rings. The molecule has 8 heteroatoms. The lowest BCUT2D eigenvalue weighted by Gasteiger charge is -2.27. The number of nitrogens with one attached hydrogen (secondary N) is 2. The number of aryl methyl sites for hydroxylation is 1. The second kappa shape index (κ2) is 8.57. The number of ether oxygens (including phenoxy) is 1. The van der Waals surface area contributed by atoms with E-state index in [2.05, 4.69) is 19.7 Å². The van der Waals surface area contributed by atoms with Gasteiger partial charge in [0.05, 0.1) is 17.6 Å². The maximum absolute atomic E-state index is 12.5. The molecule has 24 heavy (non-hydrogen) atoms. The number of hydrogen-bond acceptors (Lipinski definition) is 6. The van der Waals surface area contributed by atoms with Gasteiger partial charge in [-0.05, 0) is 37.6 Å². The monoisotopic (exact) mass is 355 g/mol. The van der Waals surface area contributed by atoms with Crippen LogP contribution in [0, 0.1) is 6.92 Å². The molecule has 7 nitrogen and oxygen atoms in total. The summed E-state index contributed by atoms with van der Waals surface area (Å²) in [7, 11) is -2.38. The number of piperazine rings is 1. The van der Waals surface area contributed by atoms with Crippen molar-refractivity contribution in [3.63, 3.8) is 0 Å². The second-order valence-corrected chi connectivity index (χ2v) is 7.55. The number of carbonyl (C=O) groups excluding carboxylic acids is 1. The molecule has 1 fully saturated rings. The van der Waals surface area contributed by atoms with Gasteiger partial charge in [-0.2, -0.15) is 0 Å². The molecule has 1 heterocycles. The van der Waals surface area contributed by atoms with Crippen LogP contribution in [0.1, 0.15) is 22.3 Å². The molecule has 1 saturated heterocycles. The molecule has 0 spiro atoms. The maximum atomic E-state index is 12.5. The topological polar surface area (TPSA) is 87.7 Å². The average Bonchev–Trinajstić information content (AvgIpc) is 2.59. The highest BCUT2D eigenvalue weighted by Gasteiger charge is 2.19. The first-order valence-electron chi connectivity index (χ1n) is 8.06. The first kappa shape index (κ1) is 18.9. The number of benzene rings is 1. The van der Waals surface area contributed by atoms with E-state index >= 15 is 0 Å². The predicted molar refractivity (Wildman–Crippen MR) is 91.6 cm³/mol. The van der Waals surface area contributed by atoms with E-state index in [-0.39, 0.29) is 10.5 Å². The van der Waals surface area contributed by atoms with E-state index in [1.807, 2.05) is 0 Å². The first-order valence-corrected chi connectivity index (χ1v) is 9.54. The highest BCUT2D eigenvalue weighted by molar-refractivity contribution is 7.89. The number of carbonyl (C=O) groups is 1. The van der Waals surface area contributed by atoms with E-state index in [9.17, 15) is 13.2 Å². The van der Waals surface area contributed by atoms with Gasteiger partial charge in [0.2, 0.25) is 10.0 Å². The van der Waals surface area contributed by atoms with Crippen molar-refractivity contribution < 1.29 is 17.9 Å². The van der Waals surface area contributed by atoms with Crippen LogP contribution in [-0.4, -0.2) is 65.7 Å². The van der Waals surface area contributed by atoms with Crippen LogP contribution in [0.4, 0.5) is 0 Å². The number of esters is 1. The molecule has 0 amide bonds. The highest BCUT2D eigenvalue weighted by atomic mass is 32.2. The summed E-state index contributed by atoms with van der Waals surface area (Å²) in [6.07, 6.45) is 0.745. The minimum atomic E-state index is -3.65. The fraction of sp³-hybridized carbons (Fsp3) is 0.562. The number of sulfonamides is 1. The molecule has 0 atom stereocenters. The lowest BCUT2D eigenvalue weighted by Crippen LogP contribution is -2.44. The van der Waals surface area contributed by atoms with Crippen molar-refractivity contribution in [3.8, 4) is 0 Å². The van der Waals surface area contributed by atoms with Gasteiger partial charge in [0.1, 0.15) is 0 Å². The van der Waals surface area contributed by atoms with Gasteiger partial charge in [0.15, 0.2) is 0 Å². The van der Waals surface area contributed by atoms with E-state index in [0.29, 0.717) is 12.1 Å². The summed E-state index contributed by atoms with van der Waals surface area (Å²) in [5.74, 6) is -0.551. The number of rotatable bonds is 7. The Bertz CT molecular complexity index is 670. The summed E-state index contributed by atoms with van der Waals surface area (Å²) in [6.45, 7) is 6.88. The second-order valence-electron chi connectivity index (χ2n) is 5.81. The van der Waals surface area contributed by atoms with Crippen LogP contribution in [0.15, 0.2) is 23.1 Å². The summed E-state index contributed by atoms with van der Waals surface area (Å²) in [5, 5.41) is 3.29. The van der Waals surface area contributed by atoms with Gasteiger partial charge in [-0.3, -0.25) is 0 Å². The van der Waals surface area contributed by atoms with E-state index in [1.165, 1.54) is 13.2 Å². The molecule has 2 N–H and O–H groups in total. The van der Waals surface area contributed by atoms with Crippen LogP contribution >= 0.6 is 0 Å². The molecule has 0 saturated carbocycles. The zero-order valence-electron chi connectivity index (χ0n) is 14.2. The minimum Gasteiger partial charge on any atom is -0.465 e. The van der Waals surface area contributed by atoms with Gasteiger partial charge >= 0.3 is 5.97 Å². The number of nitrogens with zero attached hydrogens (tertiary/aromatic N) is 1. The molecular formula is C16H25N3O4S. The summed E-state index contributed by atoms with van der Waals surface area (Å²) in [4.78, 5) is 14.0. The Morgan fingerprint density at radius 3 is 2.71 bits per heavy atom. The van der Waals surface area contributed by atoms with Crippen LogP contribution < -0.4 is 10.0 Å². The van der Waals surface area contributed by atoms with Crippen LogP contribution in [0.25, 0.3) is 0 Å². The lowest BCUT2D eigenvalue weighted by molar-refractivity contribution is 0.0600. The third kappa shape index (κ3) is 5.01. The van der Waals surface area contributed by atoms with Crippen molar-refractivity contribution in [3.05, 3.63) is 29.3 Å². The fourth-order valence-electron chi connectivity index (χ4n) is 2.66. The Kier molecular flexibility index (Phi) is 6.73. The number of methoxy groups -OCH3 is 1. The van der Waals surface area contributed by atoms with Crippen LogP contribution in [0.2, 0.25) is 0 Å². The van der Waals surface area contributed by atoms with Crippen LogP contribution in [-0.2, 0) is 14.8 Å². The minimum absolute atomic E-state index is 0.118. The van der Waals surface area contributed by atoms with E-state index in [4.69, 9.17) is 0 Å². The Morgan fingerprint density at radius 2 is 2.04 bits per heavy atom. The standard InChI is InChI=1S/C16H25N3O4S/c1-13-4-5-14(16(20)23-2)12-15(13)24(21,22)18-6-3-9-19-10-7-17-8-11-19/h4-5,12,17-18H,3,6-11H2,1-2H3. The van der Waals surface area contributed by atoms with Crippen molar-refractivity contribution in [2.75, 3.05) is 46.4 Å².